The summed E-state index contributed by atoms with van der Waals surface area (Å²) < 4.78 is 9.59. The van der Waals surface area contributed by atoms with Gasteiger partial charge in [-0.15, -0.1) is 0 Å². The van der Waals surface area contributed by atoms with E-state index in [0.29, 0.717) is 26.2 Å². The van der Waals surface area contributed by atoms with Crippen molar-refractivity contribution in [1.29, 1.82) is 0 Å². The van der Waals surface area contributed by atoms with Gasteiger partial charge in [-0.25, -0.2) is 0 Å². The lowest BCUT2D eigenvalue weighted by molar-refractivity contribution is -0.154. The monoisotopic (exact) mass is 217 g/mol. The summed E-state index contributed by atoms with van der Waals surface area (Å²) in [6.45, 7) is 4.42. The van der Waals surface area contributed by atoms with Crippen LogP contribution in [0.1, 0.15) is 26.7 Å². The largest absolute Gasteiger partial charge is 0.466 e. The molecule has 88 valence electrons. The lowest BCUT2D eigenvalue weighted by Gasteiger charge is -2.13. The maximum Gasteiger partial charge on any atom is 0.309 e. The highest BCUT2D eigenvalue weighted by atomic mass is 16.5. The molecule has 5 heteroatoms. The summed E-state index contributed by atoms with van der Waals surface area (Å²) in [5.41, 5.74) is 5.35. The molecule has 5 nitrogen and oxygen atoms in total. The van der Waals surface area contributed by atoms with Crippen LogP contribution in [0.5, 0.6) is 0 Å². The van der Waals surface area contributed by atoms with Crippen LogP contribution >= 0.6 is 0 Å². The predicted octanol–water partition coefficient (Wildman–Crippen LogP) is 0.468. The first-order chi connectivity index (χ1) is 7.15. The third kappa shape index (κ3) is 6.06. The number of esters is 2. The van der Waals surface area contributed by atoms with Crippen LogP contribution in [-0.4, -0.2) is 31.7 Å². The Hall–Kier alpha value is -1.10. The van der Waals surface area contributed by atoms with Gasteiger partial charge < -0.3 is 15.2 Å². The number of nitrogens with two attached hydrogens (primary N) is 1. The SMILES string of the molecule is CCOC(=O)CC(CCN)C(=O)OCC. The third-order valence-electron chi connectivity index (χ3n) is 1.85. The van der Waals surface area contributed by atoms with Gasteiger partial charge in [-0.3, -0.25) is 9.59 Å². The van der Waals surface area contributed by atoms with Gasteiger partial charge in [-0.2, -0.15) is 0 Å². The van der Waals surface area contributed by atoms with Gasteiger partial charge in [-0.05, 0) is 26.8 Å². The summed E-state index contributed by atoms with van der Waals surface area (Å²) in [6.07, 6.45) is 0.488. The summed E-state index contributed by atoms with van der Waals surface area (Å²) in [5.74, 6) is -1.24. The van der Waals surface area contributed by atoms with Crippen molar-refractivity contribution in [2.75, 3.05) is 19.8 Å². The first-order valence-corrected chi connectivity index (χ1v) is 5.18. The molecule has 0 amide bonds. The van der Waals surface area contributed by atoms with E-state index in [-0.39, 0.29) is 18.4 Å². The highest BCUT2D eigenvalue weighted by Crippen LogP contribution is 2.11. The van der Waals surface area contributed by atoms with Crippen molar-refractivity contribution < 1.29 is 19.1 Å². The Bertz CT molecular complexity index is 206. The second-order valence-electron chi connectivity index (χ2n) is 3.04. The lowest BCUT2D eigenvalue weighted by atomic mass is 10.0. The van der Waals surface area contributed by atoms with Crippen molar-refractivity contribution >= 4 is 11.9 Å². The van der Waals surface area contributed by atoms with E-state index >= 15 is 0 Å². The molecule has 0 radical (unpaired) electrons. The Morgan fingerprint density at radius 2 is 1.80 bits per heavy atom. The molecule has 0 aliphatic carbocycles. The Morgan fingerprint density at radius 3 is 2.27 bits per heavy atom. The zero-order valence-electron chi connectivity index (χ0n) is 9.32. The van der Waals surface area contributed by atoms with E-state index in [0.717, 1.165) is 0 Å². The average Bonchev–Trinajstić information content (AvgIpc) is 2.18. The van der Waals surface area contributed by atoms with Crippen LogP contribution in [0.4, 0.5) is 0 Å². The molecule has 0 heterocycles. The highest BCUT2D eigenvalue weighted by molar-refractivity contribution is 5.79. The average molecular weight is 217 g/mol. The van der Waals surface area contributed by atoms with Crippen LogP contribution in [0.15, 0.2) is 0 Å². The molecule has 0 saturated heterocycles. The quantitative estimate of drug-likeness (QED) is 0.627. The van der Waals surface area contributed by atoms with Gasteiger partial charge in [-0.1, -0.05) is 0 Å². The van der Waals surface area contributed by atoms with Crippen LogP contribution in [0, 0.1) is 5.92 Å². The molecule has 1 unspecified atom stereocenters. The van der Waals surface area contributed by atoms with E-state index in [1.807, 2.05) is 0 Å². The first-order valence-electron chi connectivity index (χ1n) is 5.18. The normalized spacial score (nSPS) is 11.9. The Labute approximate surface area is 89.9 Å². The summed E-state index contributed by atoms with van der Waals surface area (Å²) in [5, 5.41) is 0. The summed E-state index contributed by atoms with van der Waals surface area (Å²) in [4.78, 5) is 22.6. The molecule has 0 aliphatic rings. The van der Waals surface area contributed by atoms with Crippen molar-refractivity contribution in [2.45, 2.75) is 26.7 Å². The Balaban J connectivity index is 4.13. The first kappa shape index (κ1) is 13.9. The van der Waals surface area contributed by atoms with Gasteiger partial charge in [0.25, 0.3) is 0 Å². The van der Waals surface area contributed by atoms with E-state index in [1.54, 1.807) is 13.8 Å². The maximum absolute atomic E-state index is 11.4. The van der Waals surface area contributed by atoms with Crippen LogP contribution in [0.3, 0.4) is 0 Å². The highest BCUT2D eigenvalue weighted by Gasteiger charge is 2.22. The Kier molecular flexibility index (Phi) is 7.62. The number of carbonyl (C=O) groups excluding carboxylic acids is 2. The van der Waals surface area contributed by atoms with Gasteiger partial charge in [0.05, 0.1) is 25.6 Å². The van der Waals surface area contributed by atoms with Crippen LogP contribution in [0.2, 0.25) is 0 Å². The minimum absolute atomic E-state index is 0.0455. The van der Waals surface area contributed by atoms with Gasteiger partial charge in [0.15, 0.2) is 0 Å². The van der Waals surface area contributed by atoms with Crippen molar-refractivity contribution in [3.63, 3.8) is 0 Å². The van der Waals surface area contributed by atoms with Crippen molar-refractivity contribution in [1.82, 2.24) is 0 Å². The predicted molar refractivity (Wildman–Crippen MR) is 55.0 cm³/mol. The lowest BCUT2D eigenvalue weighted by Crippen LogP contribution is -2.24. The molecule has 2 N–H and O–H groups in total. The standard InChI is InChI=1S/C10H19NO4/c1-3-14-9(12)7-8(5-6-11)10(13)15-4-2/h8H,3-7,11H2,1-2H3. The molecule has 0 fully saturated rings. The zero-order chi connectivity index (χ0) is 11.7. The minimum atomic E-state index is -0.478. The second kappa shape index (κ2) is 8.23. The molecule has 0 aromatic rings. The minimum Gasteiger partial charge on any atom is -0.466 e. The molecule has 0 aromatic heterocycles. The van der Waals surface area contributed by atoms with E-state index < -0.39 is 5.92 Å². The maximum atomic E-state index is 11.4. The summed E-state index contributed by atoms with van der Waals surface area (Å²) in [7, 11) is 0. The van der Waals surface area contributed by atoms with Gasteiger partial charge in [0, 0.05) is 0 Å². The molecule has 0 aromatic carbocycles. The smallest absolute Gasteiger partial charge is 0.309 e. The number of carbonyl (C=O) groups is 2. The van der Waals surface area contributed by atoms with E-state index in [4.69, 9.17) is 15.2 Å². The molecule has 0 saturated carbocycles. The molecule has 1 atom stereocenters. The van der Waals surface area contributed by atoms with E-state index in [2.05, 4.69) is 0 Å². The number of ether oxygens (including phenoxy) is 2. The second-order valence-corrected chi connectivity index (χ2v) is 3.04. The van der Waals surface area contributed by atoms with Gasteiger partial charge in [0.2, 0.25) is 0 Å². The molecule has 0 bridgehead atoms. The fraction of sp³-hybridized carbons (Fsp3) is 0.800. The van der Waals surface area contributed by atoms with E-state index in [9.17, 15) is 9.59 Å². The summed E-state index contributed by atoms with van der Waals surface area (Å²) in [6, 6.07) is 0. The Morgan fingerprint density at radius 1 is 1.20 bits per heavy atom. The fourth-order valence-corrected chi connectivity index (χ4v) is 1.19. The van der Waals surface area contributed by atoms with Crippen LogP contribution in [0.25, 0.3) is 0 Å². The van der Waals surface area contributed by atoms with Crippen LogP contribution in [-0.2, 0) is 19.1 Å². The van der Waals surface area contributed by atoms with Crippen LogP contribution < -0.4 is 5.73 Å². The molecule has 0 spiro atoms. The summed E-state index contributed by atoms with van der Waals surface area (Å²) >= 11 is 0. The van der Waals surface area contributed by atoms with Gasteiger partial charge >= 0.3 is 11.9 Å². The van der Waals surface area contributed by atoms with Crippen molar-refractivity contribution in [2.24, 2.45) is 11.7 Å². The molecule has 15 heavy (non-hydrogen) atoms. The van der Waals surface area contributed by atoms with Crippen molar-refractivity contribution in [3.8, 4) is 0 Å². The topological polar surface area (TPSA) is 78.6 Å². The van der Waals surface area contributed by atoms with Crippen molar-refractivity contribution in [3.05, 3.63) is 0 Å². The molecule has 0 aliphatic heterocycles. The van der Waals surface area contributed by atoms with Gasteiger partial charge in [0.1, 0.15) is 0 Å². The van der Waals surface area contributed by atoms with E-state index in [1.165, 1.54) is 0 Å². The zero-order valence-corrected chi connectivity index (χ0v) is 9.32. The number of hydrogen-bond acceptors (Lipinski definition) is 5. The third-order valence-corrected chi connectivity index (χ3v) is 1.85. The fourth-order valence-electron chi connectivity index (χ4n) is 1.19. The molecular weight excluding hydrogens is 198 g/mol. The molecule has 0 rings (SSSR count). The number of hydrogen-bond donors (Lipinski definition) is 1. The number of rotatable bonds is 7. The molecular formula is C10H19NO4.